The Labute approximate surface area is 55.4 Å². The zero-order valence-electron chi connectivity index (χ0n) is 6.08. The highest BCUT2D eigenvalue weighted by atomic mass is 31.2. The predicted octanol–water partition coefficient (Wildman–Crippen LogP) is 0.774. The summed E-state index contributed by atoms with van der Waals surface area (Å²) in [6.07, 6.45) is 0. The van der Waals surface area contributed by atoms with Crippen LogP contribution in [0.5, 0.6) is 0 Å². The quantitative estimate of drug-likeness (QED) is 0.552. The summed E-state index contributed by atoms with van der Waals surface area (Å²) in [5, 5.41) is 0. The maximum absolute atomic E-state index is 9.95. The summed E-state index contributed by atoms with van der Waals surface area (Å²) in [5.41, 5.74) is 0. The minimum absolute atomic E-state index is 1.04. The topological polar surface area (TPSA) is 58.6 Å². The van der Waals surface area contributed by atoms with Gasteiger partial charge in [-0.1, -0.05) is 13.8 Å². The van der Waals surface area contributed by atoms with Crippen molar-refractivity contribution in [2.75, 3.05) is 14.2 Å². The maximum atomic E-state index is 9.95. The third-order valence-corrected chi connectivity index (χ3v) is 1.34. The molecule has 0 amide bonds. The average Bonchev–Trinajstić information content (AvgIpc) is 1.93. The fraction of sp³-hybridized carbons (Fsp3) is 1.00. The first kappa shape index (κ1) is 11.9. The highest BCUT2D eigenvalue weighted by molar-refractivity contribution is 7.45. The minimum Gasteiger partial charge on any atom is -0.756 e. The van der Waals surface area contributed by atoms with Gasteiger partial charge in [-0.05, 0) is 0 Å². The molecule has 0 aliphatic carbocycles. The van der Waals surface area contributed by atoms with Gasteiger partial charge < -0.3 is 13.9 Å². The molecule has 0 atom stereocenters. The van der Waals surface area contributed by atoms with Gasteiger partial charge in [0.15, 0.2) is 0 Å². The van der Waals surface area contributed by atoms with Crippen LogP contribution in [0.2, 0.25) is 0 Å². The SMILES string of the molecule is CC.COP(=O)([O-])OC. The first-order valence-corrected chi connectivity index (χ1v) is 4.01. The van der Waals surface area contributed by atoms with Crippen LogP contribution in [-0.4, -0.2) is 14.2 Å². The lowest BCUT2D eigenvalue weighted by Gasteiger charge is -2.16. The van der Waals surface area contributed by atoms with Crippen molar-refractivity contribution >= 4 is 7.82 Å². The molecule has 0 radical (unpaired) electrons. The van der Waals surface area contributed by atoms with Gasteiger partial charge >= 0.3 is 0 Å². The molecule has 0 aromatic carbocycles. The van der Waals surface area contributed by atoms with Crippen LogP contribution in [-0.2, 0) is 13.6 Å². The Morgan fingerprint density at radius 3 is 1.44 bits per heavy atom. The highest BCUT2D eigenvalue weighted by Crippen LogP contribution is 2.34. The standard InChI is InChI=1S/C2H7O4P.C2H6/c1-5-7(3,4)6-2;1-2/h1-2H3,(H,3,4);1-2H3/p-1. The molecule has 5 heteroatoms. The van der Waals surface area contributed by atoms with Gasteiger partial charge in [-0.15, -0.1) is 0 Å². The summed E-state index contributed by atoms with van der Waals surface area (Å²) in [7, 11) is -1.83. The zero-order valence-corrected chi connectivity index (χ0v) is 6.97. The molecular weight excluding hydrogens is 143 g/mol. The van der Waals surface area contributed by atoms with Crippen LogP contribution in [0.25, 0.3) is 0 Å². The van der Waals surface area contributed by atoms with E-state index in [9.17, 15) is 9.46 Å². The van der Waals surface area contributed by atoms with E-state index in [1.807, 2.05) is 13.8 Å². The van der Waals surface area contributed by atoms with Crippen LogP contribution in [0, 0.1) is 0 Å². The first-order chi connectivity index (χ1) is 4.12. The van der Waals surface area contributed by atoms with Gasteiger partial charge in [0.2, 0.25) is 0 Å². The molecular formula is C4H12O4P-. The Morgan fingerprint density at radius 2 is 1.44 bits per heavy atom. The Morgan fingerprint density at radius 1 is 1.22 bits per heavy atom. The van der Waals surface area contributed by atoms with Crippen molar-refractivity contribution in [1.82, 2.24) is 0 Å². The van der Waals surface area contributed by atoms with Gasteiger partial charge in [0, 0.05) is 14.2 Å². The van der Waals surface area contributed by atoms with E-state index < -0.39 is 7.82 Å². The molecule has 0 aliphatic heterocycles. The van der Waals surface area contributed by atoms with E-state index >= 15 is 0 Å². The molecule has 58 valence electrons. The Kier molecular flexibility index (Phi) is 8.21. The third kappa shape index (κ3) is 8.11. The van der Waals surface area contributed by atoms with Crippen LogP contribution in [0.4, 0.5) is 0 Å². The lowest BCUT2D eigenvalue weighted by Crippen LogP contribution is -2.02. The van der Waals surface area contributed by atoms with Crippen molar-refractivity contribution in [3.8, 4) is 0 Å². The normalized spacial score (nSPS) is 9.89. The second kappa shape index (κ2) is 6.23. The largest absolute Gasteiger partial charge is 0.756 e. The average molecular weight is 155 g/mol. The van der Waals surface area contributed by atoms with Crippen molar-refractivity contribution in [3.63, 3.8) is 0 Å². The van der Waals surface area contributed by atoms with Gasteiger partial charge in [-0.3, -0.25) is 4.57 Å². The summed E-state index contributed by atoms with van der Waals surface area (Å²) in [6.45, 7) is 4.00. The van der Waals surface area contributed by atoms with E-state index in [2.05, 4.69) is 9.05 Å². The van der Waals surface area contributed by atoms with Crippen molar-refractivity contribution in [1.29, 1.82) is 0 Å². The van der Waals surface area contributed by atoms with Gasteiger partial charge in [0.25, 0.3) is 7.82 Å². The summed E-state index contributed by atoms with van der Waals surface area (Å²) in [5.74, 6) is 0. The molecule has 0 spiro atoms. The van der Waals surface area contributed by atoms with E-state index in [1.165, 1.54) is 0 Å². The van der Waals surface area contributed by atoms with E-state index in [-0.39, 0.29) is 0 Å². The molecule has 0 saturated carbocycles. The molecule has 4 nitrogen and oxygen atoms in total. The molecule has 9 heavy (non-hydrogen) atoms. The lowest BCUT2D eigenvalue weighted by atomic mass is 11.0. The van der Waals surface area contributed by atoms with Crippen molar-refractivity contribution in [3.05, 3.63) is 0 Å². The summed E-state index contributed by atoms with van der Waals surface area (Å²) in [4.78, 5) is 9.95. The van der Waals surface area contributed by atoms with E-state index in [4.69, 9.17) is 0 Å². The lowest BCUT2D eigenvalue weighted by molar-refractivity contribution is -0.220. The van der Waals surface area contributed by atoms with Crippen LogP contribution >= 0.6 is 7.82 Å². The minimum atomic E-state index is -3.90. The van der Waals surface area contributed by atoms with Crippen molar-refractivity contribution in [2.24, 2.45) is 0 Å². The number of phosphoric ester groups is 1. The van der Waals surface area contributed by atoms with Crippen LogP contribution < -0.4 is 4.89 Å². The van der Waals surface area contributed by atoms with Gasteiger partial charge in [-0.2, -0.15) is 0 Å². The van der Waals surface area contributed by atoms with Crippen LogP contribution in [0.15, 0.2) is 0 Å². The fourth-order valence-electron chi connectivity index (χ4n) is 0.0745. The number of rotatable bonds is 2. The molecule has 0 aliphatic rings. The number of hydrogen-bond donors (Lipinski definition) is 0. The molecule has 0 aromatic rings. The molecule has 0 bridgehead atoms. The second-order valence-corrected chi connectivity index (χ2v) is 2.44. The maximum Gasteiger partial charge on any atom is 0.267 e. The zero-order chi connectivity index (χ0) is 7.91. The third-order valence-electron chi connectivity index (χ3n) is 0.447. The molecule has 0 saturated heterocycles. The van der Waals surface area contributed by atoms with E-state index in [0.29, 0.717) is 0 Å². The molecule has 0 heterocycles. The molecule has 0 rings (SSSR count). The van der Waals surface area contributed by atoms with Crippen LogP contribution in [0.1, 0.15) is 13.8 Å². The summed E-state index contributed by atoms with van der Waals surface area (Å²) < 4.78 is 17.7. The number of hydrogen-bond acceptors (Lipinski definition) is 4. The van der Waals surface area contributed by atoms with Gasteiger partial charge in [-0.25, -0.2) is 0 Å². The van der Waals surface area contributed by atoms with Crippen molar-refractivity contribution in [2.45, 2.75) is 13.8 Å². The second-order valence-electron chi connectivity index (χ2n) is 0.812. The van der Waals surface area contributed by atoms with Gasteiger partial charge in [0.1, 0.15) is 0 Å². The fourth-order valence-corrected chi connectivity index (χ4v) is 0.224. The summed E-state index contributed by atoms with van der Waals surface area (Å²) >= 11 is 0. The smallest absolute Gasteiger partial charge is 0.267 e. The van der Waals surface area contributed by atoms with E-state index in [0.717, 1.165) is 14.2 Å². The summed E-state index contributed by atoms with van der Waals surface area (Å²) in [6, 6.07) is 0. The van der Waals surface area contributed by atoms with Crippen molar-refractivity contribution < 1.29 is 18.5 Å². The van der Waals surface area contributed by atoms with Gasteiger partial charge in [0.05, 0.1) is 0 Å². The number of phosphoric acid groups is 1. The Balaban J connectivity index is 0. The highest BCUT2D eigenvalue weighted by Gasteiger charge is 1.98. The predicted molar refractivity (Wildman–Crippen MR) is 33.0 cm³/mol. The first-order valence-electron chi connectivity index (χ1n) is 2.55. The monoisotopic (exact) mass is 155 g/mol. The molecule has 0 aromatic heterocycles. The van der Waals surface area contributed by atoms with Crippen LogP contribution in [0.3, 0.4) is 0 Å². The van der Waals surface area contributed by atoms with E-state index in [1.54, 1.807) is 0 Å². The molecule has 0 N–H and O–H groups in total. The Bertz CT molecular complexity index is 84.6. The Hall–Kier alpha value is 0.110. The molecule has 0 fully saturated rings. The molecule has 0 unspecified atom stereocenters.